The van der Waals surface area contributed by atoms with Crippen molar-refractivity contribution in [3.63, 3.8) is 0 Å². The predicted octanol–water partition coefficient (Wildman–Crippen LogP) is 3.76. The average molecular weight is 430 g/mol. The maximum absolute atomic E-state index is 12.7. The number of hydrogen-bond acceptors (Lipinski definition) is 6. The molecule has 7 nitrogen and oxygen atoms in total. The zero-order valence-electron chi connectivity index (χ0n) is 16.0. The van der Waals surface area contributed by atoms with Crippen LogP contribution in [0.25, 0.3) is 0 Å². The Morgan fingerprint density at radius 3 is 2.50 bits per heavy atom. The number of carbonyl (C=O) groups is 1. The van der Waals surface area contributed by atoms with Gasteiger partial charge in [-0.05, 0) is 62.5 Å². The molecule has 0 aliphatic carbocycles. The highest BCUT2D eigenvalue weighted by Gasteiger charge is 2.40. The summed E-state index contributed by atoms with van der Waals surface area (Å²) in [5.41, 5.74) is 0.768. The topological polar surface area (TPSA) is 75.9 Å². The standard InChI is InChI=1S/C19H27N3O4S.ClH/c1-2-20-9-7-15(8-10-20)18-11-17(27)12-21(18)19(23)26-13-14-3-5-16(6-4-14)22(24)25;/h3-6,15,17-18,27H,2,7-13H2,1H3;1H/t17-,18-;/m0./s1. The van der Waals surface area contributed by atoms with Gasteiger partial charge in [0.15, 0.2) is 0 Å². The number of rotatable bonds is 5. The van der Waals surface area contributed by atoms with Gasteiger partial charge in [-0.1, -0.05) is 6.92 Å². The van der Waals surface area contributed by atoms with Crippen molar-refractivity contribution in [2.45, 2.75) is 44.1 Å². The number of benzene rings is 1. The number of halogens is 1. The molecule has 2 aliphatic heterocycles. The number of amides is 1. The number of hydrogen-bond donors (Lipinski definition) is 1. The molecule has 0 aromatic heterocycles. The van der Waals surface area contributed by atoms with E-state index in [2.05, 4.69) is 24.5 Å². The van der Waals surface area contributed by atoms with Crippen LogP contribution in [0, 0.1) is 16.0 Å². The number of carbonyl (C=O) groups excluding carboxylic acids is 1. The van der Waals surface area contributed by atoms with Crippen LogP contribution in [0.5, 0.6) is 0 Å². The minimum atomic E-state index is -0.443. The molecule has 3 rings (SSSR count). The Hall–Kier alpha value is -1.51. The van der Waals surface area contributed by atoms with Crippen molar-refractivity contribution >= 4 is 36.8 Å². The van der Waals surface area contributed by atoms with E-state index in [1.165, 1.54) is 12.1 Å². The van der Waals surface area contributed by atoms with Gasteiger partial charge in [0.25, 0.3) is 5.69 Å². The molecule has 1 amide bonds. The molecule has 28 heavy (non-hydrogen) atoms. The second-order valence-corrected chi connectivity index (χ2v) is 8.09. The zero-order valence-corrected chi connectivity index (χ0v) is 17.7. The highest BCUT2D eigenvalue weighted by molar-refractivity contribution is 7.81. The molecule has 2 aliphatic rings. The van der Waals surface area contributed by atoms with E-state index in [9.17, 15) is 14.9 Å². The van der Waals surface area contributed by atoms with Crippen LogP contribution in [0.1, 0.15) is 31.7 Å². The number of nitrogens with zero attached hydrogens (tertiary/aromatic N) is 3. The first-order chi connectivity index (χ1) is 13.0. The number of piperidine rings is 1. The van der Waals surface area contributed by atoms with Crippen LogP contribution in [0.15, 0.2) is 24.3 Å². The van der Waals surface area contributed by atoms with Crippen LogP contribution in [0.4, 0.5) is 10.5 Å². The van der Waals surface area contributed by atoms with Crippen molar-refractivity contribution in [3.05, 3.63) is 39.9 Å². The minimum absolute atomic E-state index is 0. The molecule has 0 saturated carbocycles. The van der Waals surface area contributed by atoms with Gasteiger partial charge in [-0.25, -0.2) is 4.79 Å². The third-order valence-corrected chi connectivity index (χ3v) is 6.06. The van der Waals surface area contributed by atoms with Crippen molar-refractivity contribution in [2.75, 3.05) is 26.2 Å². The molecular weight excluding hydrogens is 402 g/mol. The first-order valence-corrected chi connectivity index (χ1v) is 10.1. The molecule has 0 bridgehead atoms. The van der Waals surface area contributed by atoms with Gasteiger partial charge in [-0.3, -0.25) is 10.1 Å². The van der Waals surface area contributed by atoms with Gasteiger partial charge in [0.2, 0.25) is 0 Å². The molecule has 1 aromatic carbocycles. The smallest absolute Gasteiger partial charge is 0.410 e. The second kappa shape index (κ2) is 10.3. The van der Waals surface area contributed by atoms with Crippen molar-refractivity contribution in [1.29, 1.82) is 0 Å². The summed E-state index contributed by atoms with van der Waals surface area (Å²) in [6.45, 7) is 6.16. The molecule has 0 radical (unpaired) electrons. The summed E-state index contributed by atoms with van der Waals surface area (Å²) in [4.78, 5) is 27.2. The Labute approximate surface area is 177 Å². The molecule has 2 atom stereocenters. The molecule has 2 saturated heterocycles. The quantitative estimate of drug-likeness (QED) is 0.438. The van der Waals surface area contributed by atoms with Crippen molar-refractivity contribution in [1.82, 2.24) is 9.80 Å². The Morgan fingerprint density at radius 1 is 1.29 bits per heavy atom. The fourth-order valence-corrected chi connectivity index (χ4v) is 4.49. The normalized spacial score (nSPS) is 23.3. The van der Waals surface area contributed by atoms with Gasteiger partial charge in [-0.15, -0.1) is 12.4 Å². The third-order valence-electron chi connectivity index (χ3n) is 5.69. The fraction of sp³-hybridized carbons (Fsp3) is 0.632. The Morgan fingerprint density at radius 2 is 1.93 bits per heavy atom. The largest absolute Gasteiger partial charge is 0.445 e. The number of likely N-dealkylation sites (tertiary alicyclic amines) is 2. The Balaban J connectivity index is 0.00000280. The van der Waals surface area contributed by atoms with Gasteiger partial charge in [0.05, 0.1) is 4.92 Å². The summed E-state index contributed by atoms with van der Waals surface area (Å²) in [6, 6.07) is 6.28. The van der Waals surface area contributed by atoms with E-state index < -0.39 is 4.92 Å². The van der Waals surface area contributed by atoms with Crippen molar-refractivity contribution in [3.8, 4) is 0 Å². The molecule has 1 aromatic rings. The first kappa shape index (κ1) is 22.8. The molecule has 2 heterocycles. The molecule has 0 unspecified atom stereocenters. The number of nitro benzene ring substituents is 1. The predicted molar refractivity (Wildman–Crippen MR) is 113 cm³/mol. The van der Waals surface area contributed by atoms with E-state index in [4.69, 9.17) is 4.74 Å². The van der Waals surface area contributed by atoms with Gasteiger partial charge in [0.1, 0.15) is 6.61 Å². The lowest BCUT2D eigenvalue weighted by atomic mass is 9.88. The van der Waals surface area contributed by atoms with E-state index in [0.29, 0.717) is 12.5 Å². The van der Waals surface area contributed by atoms with E-state index in [1.807, 2.05) is 4.90 Å². The molecule has 156 valence electrons. The molecule has 2 fully saturated rings. The van der Waals surface area contributed by atoms with Crippen LogP contribution in [0.2, 0.25) is 0 Å². The number of non-ortho nitro benzene ring substituents is 1. The summed E-state index contributed by atoms with van der Waals surface area (Å²) in [6.07, 6.45) is 2.80. The van der Waals surface area contributed by atoms with E-state index in [0.717, 1.165) is 44.5 Å². The lowest BCUT2D eigenvalue weighted by Gasteiger charge is -2.37. The molecule has 0 N–H and O–H groups in total. The van der Waals surface area contributed by atoms with E-state index >= 15 is 0 Å². The molecular formula is C19H28ClN3O4S. The monoisotopic (exact) mass is 429 g/mol. The fourth-order valence-electron chi connectivity index (χ4n) is 4.10. The van der Waals surface area contributed by atoms with E-state index in [1.54, 1.807) is 12.1 Å². The number of thiol groups is 1. The van der Waals surface area contributed by atoms with Crippen LogP contribution >= 0.6 is 25.0 Å². The highest BCUT2D eigenvalue weighted by atomic mass is 35.5. The summed E-state index contributed by atoms with van der Waals surface area (Å²) in [7, 11) is 0. The Bertz CT molecular complexity index is 668. The van der Waals surface area contributed by atoms with Gasteiger partial charge >= 0.3 is 6.09 Å². The van der Waals surface area contributed by atoms with Crippen molar-refractivity contribution < 1.29 is 14.5 Å². The molecule has 0 spiro atoms. The second-order valence-electron chi connectivity index (χ2n) is 7.36. The summed E-state index contributed by atoms with van der Waals surface area (Å²) >= 11 is 4.61. The summed E-state index contributed by atoms with van der Waals surface area (Å²) < 4.78 is 5.50. The minimum Gasteiger partial charge on any atom is -0.445 e. The zero-order chi connectivity index (χ0) is 19.4. The van der Waals surface area contributed by atoms with Gasteiger partial charge in [-0.2, -0.15) is 12.6 Å². The lowest BCUT2D eigenvalue weighted by Crippen LogP contribution is -2.45. The summed E-state index contributed by atoms with van der Waals surface area (Å²) in [5.74, 6) is 0.497. The lowest BCUT2D eigenvalue weighted by molar-refractivity contribution is -0.384. The summed E-state index contributed by atoms with van der Waals surface area (Å²) in [5, 5.41) is 10.9. The Kier molecular flexibility index (Phi) is 8.39. The maximum atomic E-state index is 12.7. The third kappa shape index (κ3) is 5.52. The maximum Gasteiger partial charge on any atom is 0.410 e. The highest BCUT2D eigenvalue weighted by Crippen LogP contribution is 2.33. The molecule has 9 heteroatoms. The van der Waals surface area contributed by atoms with Gasteiger partial charge < -0.3 is 14.5 Å². The first-order valence-electron chi connectivity index (χ1n) is 9.55. The van der Waals surface area contributed by atoms with Crippen LogP contribution in [0.3, 0.4) is 0 Å². The number of ether oxygens (including phenoxy) is 1. The van der Waals surface area contributed by atoms with Crippen molar-refractivity contribution in [2.24, 2.45) is 5.92 Å². The van der Waals surface area contributed by atoms with Gasteiger partial charge in [0, 0.05) is 30.0 Å². The average Bonchev–Trinajstić information content (AvgIpc) is 3.08. The SMILES string of the molecule is CCN1CCC([C@@H]2C[C@H](S)CN2C(=O)OCc2ccc([N+](=O)[O-])cc2)CC1.Cl. The van der Waals surface area contributed by atoms with E-state index in [-0.39, 0.29) is 42.1 Å². The van der Waals surface area contributed by atoms with Crippen LogP contribution < -0.4 is 0 Å². The van der Waals surface area contributed by atoms with Crippen LogP contribution in [-0.4, -0.2) is 58.3 Å². The number of nitro groups is 1. The van der Waals surface area contributed by atoms with Crippen LogP contribution in [-0.2, 0) is 11.3 Å².